The Kier molecular flexibility index (Phi) is 7.49. The van der Waals surface area contributed by atoms with Crippen molar-refractivity contribution < 1.29 is 19.1 Å². The summed E-state index contributed by atoms with van der Waals surface area (Å²) >= 11 is 0. The molecular formula is C26H28N2O4. The van der Waals surface area contributed by atoms with E-state index in [-0.39, 0.29) is 25.0 Å². The van der Waals surface area contributed by atoms with Crippen molar-refractivity contribution in [2.45, 2.75) is 20.8 Å². The number of nitrogens with one attached hydrogen (secondary N) is 1. The van der Waals surface area contributed by atoms with Gasteiger partial charge in [0.15, 0.2) is 6.61 Å². The van der Waals surface area contributed by atoms with Crippen LogP contribution in [0.1, 0.15) is 16.7 Å². The first-order chi connectivity index (χ1) is 15.3. The van der Waals surface area contributed by atoms with Gasteiger partial charge in [0.2, 0.25) is 5.91 Å². The number of hydrogen-bond donors (Lipinski definition) is 1. The second kappa shape index (κ2) is 10.5. The zero-order chi connectivity index (χ0) is 23.1. The zero-order valence-electron chi connectivity index (χ0n) is 18.8. The van der Waals surface area contributed by atoms with Gasteiger partial charge in [0.05, 0.1) is 6.54 Å². The maximum absolute atomic E-state index is 12.4. The van der Waals surface area contributed by atoms with Gasteiger partial charge in [0.25, 0.3) is 5.91 Å². The van der Waals surface area contributed by atoms with E-state index < -0.39 is 0 Å². The minimum absolute atomic E-state index is 0.0567. The lowest BCUT2D eigenvalue weighted by molar-refractivity contribution is -0.135. The maximum Gasteiger partial charge on any atom is 0.260 e. The molecule has 1 N–H and O–H groups in total. The van der Waals surface area contributed by atoms with E-state index in [4.69, 9.17) is 9.47 Å². The molecule has 0 aromatic heterocycles. The summed E-state index contributed by atoms with van der Waals surface area (Å²) in [7, 11) is 1.58. The highest BCUT2D eigenvalue weighted by Crippen LogP contribution is 2.24. The summed E-state index contributed by atoms with van der Waals surface area (Å²) in [6.45, 7) is 5.70. The van der Waals surface area contributed by atoms with E-state index in [1.165, 1.54) is 4.90 Å². The van der Waals surface area contributed by atoms with E-state index in [1.54, 1.807) is 31.3 Å². The number of rotatable bonds is 8. The van der Waals surface area contributed by atoms with Crippen molar-refractivity contribution in [1.82, 2.24) is 4.90 Å². The molecule has 0 aliphatic heterocycles. The lowest BCUT2D eigenvalue weighted by atomic mass is 10.1. The summed E-state index contributed by atoms with van der Waals surface area (Å²) in [6, 6.07) is 20.5. The van der Waals surface area contributed by atoms with E-state index in [0.717, 1.165) is 28.1 Å². The van der Waals surface area contributed by atoms with Gasteiger partial charge in [-0.05, 0) is 68.3 Å². The number of ether oxygens (including phenoxy) is 2. The van der Waals surface area contributed by atoms with Crippen LogP contribution in [-0.4, -0.2) is 36.9 Å². The Morgan fingerprint density at radius 2 is 1.41 bits per heavy atom. The third-order valence-electron chi connectivity index (χ3n) is 4.91. The first-order valence-corrected chi connectivity index (χ1v) is 10.4. The first kappa shape index (κ1) is 22.9. The van der Waals surface area contributed by atoms with Crippen LogP contribution in [0.15, 0.2) is 66.7 Å². The normalized spacial score (nSPS) is 10.4. The van der Waals surface area contributed by atoms with Crippen molar-refractivity contribution in [3.05, 3.63) is 83.4 Å². The van der Waals surface area contributed by atoms with Crippen molar-refractivity contribution in [3.63, 3.8) is 0 Å². The van der Waals surface area contributed by atoms with Crippen molar-refractivity contribution >= 4 is 17.5 Å². The van der Waals surface area contributed by atoms with Gasteiger partial charge >= 0.3 is 0 Å². The molecule has 0 saturated carbocycles. The van der Waals surface area contributed by atoms with Crippen LogP contribution in [0.25, 0.3) is 0 Å². The number of amides is 2. The van der Waals surface area contributed by atoms with Gasteiger partial charge in [-0.25, -0.2) is 0 Å². The van der Waals surface area contributed by atoms with E-state index in [0.29, 0.717) is 11.5 Å². The zero-order valence-corrected chi connectivity index (χ0v) is 18.8. The Hall–Kier alpha value is -3.80. The fourth-order valence-corrected chi connectivity index (χ4v) is 3.34. The molecule has 0 atom stereocenters. The van der Waals surface area contributed by atoms with Gasteiger partial charge in [-0.1, -0.05) is 35.9 Å². The molecule has 0 aliphatic rings. The van der Waals surface area contributed by atoms with Crippen molar-refractivity contribution in [2.24, 2.45) is 0 Å². The largest absolute Gasteiger partial charge is 0.484 e. The highest BCUT2D eigenvalue weighted by Gasteiger charge is 2.15. The molecule has 0 radical (unpaired) electrons. The lowest BCUT2D eigenvalue weighted by Crippen LogP contribution is -2.37. The van der Waals surface area contributed by atoms with Crippen LogP contribution in [0.3, 0.4) is 0 Å². The molecule has 3 aromatic carbocycles. The Morgan fingerprint density at radius 3 is 2.03 bits per heavy atom. The van der Waals surface area contributed by atoms with Gasteiger partial charge in [-0.3, -0.25) is 9.59 Å². The number of aryl methyl sites for hydroxylation is 3. The van der Waals surface area contributed by atoms with Crippen molar-refractivity contribution in [2.75, 3.05) is 25.5 Å². The van der Waals surface area contributed by atoms with Crippen LogP contribution in [-0.2, 0) is 9.59 Å². The number of hydrogen-bond acceptors (Lipinski definition) is 4. The summed E-state index contributed by atoms with van der Waals surface area (Å²) < 4.78 is 11.3. The molecule has 0 fully saturated rings. The Labute approximate surface area is 188 Å². The molecule has 0 aliphatic carbocycles. The van der Waals surface area contributed by atoms with Crippen LogP contribution in [0.4, 0.5) is 5.69 Å². The fraction of sp³-hybridized carbons (Fsp3) is 0.231. The van der Waals surface area contributed by atoms with Crippen LogP contribution in [0.2, 0.25) is 0 Å². The minimum Gasteiger partial charge on any atom is -0.484 e. The number of carbonyl (C=O) groups excluding carboxylic acids is 2. The molecule has 0 spiro atoms. The van der Waals surface area contributed by atoms with E-state index in [9.17, 15) is 9.59 Å². The number of benzene rings is 3. The monoisotopic (exact) mass is 432 g/mol. The smallest absolute Gasteiger partial charge is 0.260 e. The molecule has 3 aromatic rings. The van der Waals surface area contributed by atoms with E-state index in [2.05, 4.69) is 5.32 Å². The summed E-state index contributed by atoms with van der Waals surface area (Å²) in [5.41, 5.74) is 3.92. The first-order valence-electron chi connectivity index (χ1n) is 10.4. The summed E-state index contributed by atoms with van der Waals surface area (Å²) in [5, 5.41) is 2.90. The molecule has 6 heteroatoms. The van der Waals surface area contributed by atoms with Gasteiger partial charge in [0.1, 0.15) is 17.2 Å². The predicted molar refractivity (Wildman–Crippen MR) is 125 cm³/mol. The molecule has 0 bridgehead atoms. The molecule has 6 nitrogen and oxygen atoms in total. The van der Waals surface area contributed by atoms with Crippen molar-refractivity contribution in [3.8, 4) is 17.2 Å². The van der Waals surface area contributed by atoms with E-state index >= 15 is 0 Å². The lowest BCUT2D eigenvalue weighted by Gasteiger charge is -2.18. The maximum atomic E-state index is 12.4. The Bertz CT molecular complexity index is 1060. The van der Waals surface area contributed by atoms with Gasteiger partial charge in [0, 0.05) is 12.7 Å². The molecule has 0 saturated heterocycles. The third kappa shape index (κ3) is 6.35. The van der Waals surface area contributed by atoms with Crippen molar-refractivity contribution in [1.29, 1.82) is 0 Å². The summed E-state index contributed by atoms with van der Waals surface area (Å²) in [4.78, 5) is 26.2. The molecular weight excluding hydrogens is 404 g/mol. The molecule has 2 amide bonds. The topological polar surface area (TPSA) is 67.9 Å². The van der Waals surface area contributed by atoms with Crippen LogP contribution in [0.5, 0.6) is 17.2 Å². The van der Waals surface area contributed by atoms with Gasteiger partial charge in [-0.15, -0.1) is 0 Å². The second-order valence-corrected chi connectivity index (χ2v) is 7.75. The SMILES string of the molecule is Cc1cc(C)c(NC(=O)CN(C)C(=O)COc2ccc(Oc3ccccc3)cc2)c(C)c1. The van der Waals surface area contributed by atoms with Gasteiger partial charge < -0.3 is 19.7 Å². The highest BCUT2D eigenvalue weighted by molar-refractivity contribution is 5.95. The third-order valence-corrected chi connectivity index (χ3v) is 4.91. The second-order valence-electron chi connectivity index (χ2n) is 7.75. The number of para-hydroxylation sites is 1. The Balaban J connectivity index is 1.47. The predicted octanol–water partition coefficient (Wildman–Crippen LogP) is 4.88. The average molecular weight is 433 g/mol. The molecule has 32 heavy (non-hydrogen) atoms. The quantitative estimate of drug-likeness (QED) is 0.551. The van der Waals surface area contributed by atoms with Crippen LogP contribution < -0.4 is 14.8 Å². The summed E-state index contributed by atoms with van der Waals surface area (Å²) in [6.07, 6.45) is 0. The van der Waals surface area contributed by atoms with Crippen LogP contribution >= 0.6 is 0 Å². The van der Waals surface area contributed by atoms with E-state index in [1.807, 2.05) is 63.2 Å². The molecule has 0 heterocycles. The average Bonchev–Trinajstić information content (AvgIpc) is 2.76. The number of likely N-dealkylation sites (N-methyl/N-ethyl adjacent to an activating group) is 1. The standard InChI is InChI=1S/C26H28N2O4/c1-18-14-19(2)26(20(3)15-18)27-24(29)16-28(4)25(30)17-31-21-10-12-23(13-11-21)32-22-8-6-5-7-9-22/h5-15H,16-17H2,1-4H3,(H,27,29). The molecule has 166 valence electrons. The number of carbonyl (C=O) groups is 2. The van der Waals surface area contributed by atoms with Gasteiger partial charge in [-0.2, -0.15) is 0 Å². The number of nitrogens with zero attached hydrogens (tertiary/aromatic N) is 1. The Morgan fingerprint density at radius 1 is 0.844 bits per heavy atom. The van der Waals surface area contributed by atoms with Crippen LogP contribution in [0, 0.1) is 20.8 Å². The minimum atomic E-state index is -0.290. The summed E-state index contributed by atoms with van der Waals surface area (Å²) in [5.74, 6) is 1.42. The molecule has 3 rings (SSSR count). The fourth-order valence-electron chi connectivity index (χ4n) is 3.34. The molecule has 0 unspecified atom stereocenters. The highest BCUT2D eigenvalue weighted by atomic mass is 16.5. The number of anilines is 1.